The van der Waals surface area contributed by atoms with Gasteiger partial charge in [-0.3, -0.25) is 0 Å². The molecule has 0 amide bonds. The molecule has 1 saturated carbocycles. The zero-order valence-electron chi connectivity index (χ0n) is 8.07. The summed E-state index contributed by atoms with van der Waals surface area (Å²) in [6, 6.07) is 4.90. The number of hydrogen-bond donors (Lipinski definition) is 1. The van der Waals surface area contributed by atoms with Crippen molar-refractivity contribution in [2.75, 3.05) is 0 Å². The van der Waals surface area contributed by atoms with Crippen LogP contribution in [0, 0.1) is 0 Å². The smallest absolute Gasteiger partial charge is 0.341 e. The summed E-state index contributed by atoms with van der Waals surface area (Å²) >= 11 is 5.81. The van der Waals surface area contributed by atoms with E-state index in [0.717, 1.165) is 19.3 Å². The Bertz CT molecular complexity index is 385. The van der Waals surface area contributed by atoms with Gasteiger partial charge in [0.2, 0.25) is 0 Å². The fraction of sp³-hybridized carbons (Fsp3) is 0.364. The highest BCUT2D eigenvalue weighted by Crippen LogP contribution is 2.31. The van der Waals surface area contributed by atoms with E-state index in [1.54, 1.807) is 18.2 Å². The Labute approximate surface area is 92.6 Å². The molecule has 1 N–H and O–H groups in total. The number of benzene rings is 1. The van der Waals surface area contributed by atoms with E-state index in [4.69, 9.17) is 21.4 Å². The molecule has 1 fully saturated rings. The SMILES string of the molecule is O=C(O)c1c(Cl)cccc1OC1CCC1. The average Bonchev–Trinajstić information content (AvgIpc) is 2.10. The maximum absolute atomic E-state index is 11.0. The molecule has 1 aliphatic carbocycles. The first-order valence-corrected chi connectivity index (χ1v) is 5.25. The summed E-state index contributed by atoms with van der Waals surface area (Å²) < 4.78 is 5.56. The second-order valence-corrected chi connectivity index (χ2v) is 4.00. The molecule has 15 heavy (non-hydrogen) atoms. The van der Waals surface area contributed by atoms with E-state index in [1.165, 1.54) is 0 Å². The number of hydrogen-bond acceptors (Lipinski definition) is 2. The Morgan fingerprint density at radius 3 is 2.73 bits per heavy atom. The molecule has 2 rings (SSSR count). The molecule has 1 aromatic carbocycles. The number of halogens is 1. The van der Waals surface area contributed by atoms with Crippen molar-refractivity contribution in [3.8, 4) is 5.75 Å². The first-order chi connectivity index (χ1) is 7.18. The second-order valence-electron chi connectivity index (χ2n) is 3.59. The lowest BCUT2D eigenvalue weighted by Gasteiger charge is -2.27. The van der Waals surface area contributed by atoms with Crippen LogP contribution < -0.4 is 4.74 Å². The number of ether oxygens (including phenoxy) is 1. The Hall–Kier alpha value is -1.22. The first-order valence-electron chi connectivity index (χ1n) is 4.87. The molecular weight excluding hydrogens is 216 g/mol. The molecular formula is C11H11ClO3. The lowest BCUT2D eigenvalue weighted by molar-refractivity contribution is 0.0680. The first kappa shape index (κ1) is 10.3. The quantitative estimate of drug-likeness (QED) is 0.862. The Kier molecular flexibility index (Phi) is 2.82. The molecule has 4 heteroatoms. The molecule has 80 valence electrons. The molecule has 0 bridgehead atoms. The molecule has 0 aromatic heterocycles. The number of carboxylic acids is 1. The molecule has 0 radical (unpaired) electrons. The maximum atomic E-state index is 11.0. The van der Waals surface area contributed by atoms with Crippen LogP contribution in [0.15, 0.2) is 18.2 Å². The minimum absolute atomic E-state index is 0.0612. The van der Waals surface area contributed by atoms with Crippen molar-refractivity contribution in [3.63, 3.8) is 0 Å². The fourth-order valence-electron chi connectivity index (χ4n) is 1.48. The standard InChI is InChI=1S/C11H11ClO3/c12-8-5-2-6-9(10(8)11(13)14)15-7-3-1-4-7/h2,5-7H,1,3-4H2,(H,13,14). The Morgan fingerprint density at radius 1 is 1.47 bits per heavy atom. The number of aromatic carboxylic acids is 1. The summed E-state index contributed by atoms with van der Waals surface area (Å²) in [5, 5.41) is 9.21. The van der Waals surface area contributed by atoms with Crippen molar-refractivity contribution >= 4 is 17.6 Å². The Balaban J connectivity index is 2.27. The van der Waals surface area contributed by atoms with Crippen molar-refractivity contribution in [3.05, 3.63) is 28.8 Å². The van der Waals surface area contributed by atoms with Crippen LogP contribution in [-0.2, 0) is 0 Å². The molecule has 0 spiro atoms. The van der Waals surface area contributed by atoms with Crippen molar-refractivity contribution < 1.29 is 14.6 Å². The molecule has 0 heterocycles. The van der Waals surface area contributed by atoms with Gasteiger partial charge in [0.25, 0.3) is 0 Å². The van der Waals surface area contributed by atoms with E-state index in [9.17, 15) is 4.79 Å². The van der Waals surface area contributed by atoms with E-state index < -0.39 is 5.97 Å². The van der Waals surface area contributed by atoms with Crippen LogP contribution in [0.3, 0.4) is 0 Å². The predicted octanol–water partition coefficient (Wildman–Crippen LogP) is 2.97. The molecule has 3 nitrogen and oxygen atoms in total. The third kappa shape index (κ3) is 2.07. The van der Waals surface area contributed by atoms with E-state index >= 15 is 0 Å². The second kappa shape index (κ2) is 4.11. The zero-order valence-corrected chi connectivity index (χ0v) is 8.83. The van der Waals surface area contributed by atoms with Gasteiger partial charge in [-0.05, 0) is 31.4 Å². The topological polar surface area (TPSA) is 46.5 Å². The summed E-state index contributed by atoms with van der Waals surface area (Å²) in [5.74, 6) is -0.672. The van der Waals surface area contributed by atoms with Crippen molar-refractivity contribution in [2.24, 2.45) is 0 Å². The van der Waals surface area contributed by atoms with Gasteiger partial charge < -0.3 is 9.84 Å². The van der Waals surface area contributed by atoms with Crippen molar-refractivity contribution in [1.29, 1.82) is 0 Å². The molecule has 0 saturated heterocycles. The summed E-state index contributed by atoms with van der Waals surface area (Å²) in [5.41, 5.74) is 0.0612. The zero-order chi connectivity index (χ0) is 10.8. The summed E-state index contributed by atoms with van der Waals surface area (Å²) in [6.45, 7) is 0. The lowest BCUT2D eigenvalue weighted by Crippen LogP contribution is -2.25. The molecule has 1 aliphatic rings. The van der Waals surface area contributed by atoms with Gasteiger partial charge in [-0.25, -0.2) is 4.79 Å². The minimum atomic E-state index is -1.05. The fourth-order valence-corrected chi connectivity index (χ4v) is 1.73. The monoisotopic (exact) mass is 226 g/mol. The third-order valence-electron chi connectivity index (χ3n) is 2.54. The summed E-state index contributed by atoms with van der Waals surface area (Å²) in [7, 11) is 0. The maximum Gasteiger partial charge on any atom is 0.341 e. The highest BCUT2D eigenvalue weighted by Gasteiger charge is 2.23. The van der Waals surface area contributed by atoms with Gasteiger partial charge in [-0.15, -0.1) is 0 Å². The van der Waals surface area contributed by atoms with Crippen molar-refractivity contribution in [2.45, 2.75) is 25.4 Å². The van der Waals surface area contributed by atoms with E-state index in [0.29, 0.717) is 5.75 Å². The minimum Gasteiger partial charge on any atom is -0.489 e. The van der Waals surface area contributed by atoms with Crippen LogP contribution >= 0.6 is 11.6 Å². The van der Waals surface area contributed by atoms with Crippen molar-refractivity contribution in [1.82, 2.24) is 0 Å². The van der Waals surface area contributed by atoms with E-state index in [-0.39, 0.29) is 16.7 Å². The highest BCUT2D eigenvalue weighted by atomic mass is 35.5. The molecule has 0 unspecified atom stereocenters. The summed E-state index contributed by atoms with van der Waals surface area (Å²) in [6.07, 6.45) is 3.28. The van der Waals surface area contributed by atoms with Gasteiger partial charge >= 0.3 is 5.97 Å². The highest BCUT2D eigenvalue weighted by molar-refractivity contribution is 6.33. The number of carboxylic acid groups (broad SMARTS) is 1. The van der Waals surface area contributed by atoms with Gasteiger partial charge in [0.15, 0.2) is 0 Å². The summed E-state index contributed by atoms with van der Waals surface area (Å²) in [4.78, 5) is 11.0. The predicted molar refractivity (Wildman–Crippen MR) is 56.7 cm³/mol. The van der Waals surface area contributed by atoms with Crippen LogP contribution in [-0.4, -0.2) is 17.2 Å². The van der Waals surface area contributed by atoms with Gasteiger partial charge in [-0.2, -0.15) is 0 Å². The van der Waals surface area contributed by atoms with E-state index in [2.05, 4.69) is 0 Å². The van der Waals surface area contributed by atoms with Gasteiger partial charge in [0.1, 0.15) is 11.3 Å². The van der Waals surface area contributed by atoms with E-state index in [1.807, 2.05) is 0 Å². The van der Waals surface area contributed by atoms with Crippen LogP contribution in [0.2, 0.25) is 5.02 Å². The molecule has 1 aromatic rings. The average molecular weight is 227 g/mol. The van der Waals surface area contributed by atoms with Crippen LogP contribution in [0.5, 0.6) is 5.75 Å². The van der Waals surface area contributed by atoms with Crippen LogP contribution in [0.4, 0.5) is 0 Å². The van der Waals surface area contributed by atoms with Crippen LogP contribution in [0.1, 0.15) is 29.6 Å². The largest absolute Gasteiger partial charge is 0.489 e. The Morgan fingerprint density at radius 2 is 2.20 bits per heavy atom. The molecule has 0 atom stereocenters. The number of carbonyl (C=O) groups is 1. The number of rotatable bonds is 3. The van der Waals surface area contributed by atoms with Gasteiger partial charge in [0.05, 0.1) is 11.1 Å². The lowest BCUT2D eigenvalue weighted by atomic mass is 9.96. The van der Waals surface area contributed by atoms with Gasteiger partial charge in [-0.1, -0.05) is 17.7 Å². The molecule has 0 aliphatic heterocycles. The normalized spacial score (nSPS) is 15.8. The van der Waals surface area contributed by atoms with Crippen LogP contribution in [0.25, 0.3) is 0 Å². The third-order valence-corrected chi connectivity index (χ3v) is 2.85. The van der Waals surface area contributed by atoms with Gasteiger partial charge in [0, 0.05) is 0 Å².